The van der Waals surface area contributed by atoms with Crippen LogP contribution in [0, 0.1) is 0 Å². The lowest BCUT2D eigenvalue weighted by Crippen LogP contribution is -2.48. The molecule has 2 aromatic heterocycles. The third-order valence-corrected chi connectivity index (χ3v) is 7.91. The van der Waals surface area contributed by atoms with Gasteiger partial charge in [-0.05, 0) is 60.5 Å². The molecule has 0 bridgehead atoms. The molecule has 8 heteroatoms. The van der Waals surface area contributed by atoms with Gasteiger partial charge >= 0.3 is 0 Å². The number of thiophene rings is 1. The van der Waals surface area contributed by atoms with Gasteiger partial charge in [0.15, 0.2) is 0 Å². The van der Waals surface area contributed by atoms with Gasteiger partial charge in [0.05, 0.1) is 19.9 Å². The number of benzene rings is 1. The summed E-state index contributed by atoms with van der Waals surface area (Å²) in [6.45, 7) is 3.73. The Morgan fingerprint density at radius 1 is 1.09 bits per heavy atom. The highest BCUT2D eigenvalue weighted by Crippen LogP contribution is 2.33. The summed E-state index contributed by atoms with van der Waals surface area (Å²) in [4.78, 5) is 19.5. The van der Waals surface area contributed by atoms with Gasteiger partial charge in [0.25, 0.3) is 5.91 Å². The van der Waals surface area contributed by atoms with Crippen molar-refractivity contribution in [2.24, 2.45) is 7.05 Å². The third kappa shape index (κ3) is 4.25. The monoisotopic (exact) mass is 466 g/mol. The number of hydrogen-bond acceptors (Lipinski definition) is 6. The van der Waals surface area contributed by atoms with E-state index in [4.69, 9.17) is 9.47 Å². The zero-order valence-corrected chi connectivity index (χ0v) is 20.2. The van der Waals surface area contributed by atoms with Gasteiger partial charge in [-0.25, -0.2) is 0 Å². The summed E-state index contributed by atoms with van der Waals surface area (Å²) in [5.74, 6) is 1.46. The summed E-state index contributed by atoms with van der Waals surface area (Å²) in [7, 11) is 5.08. The predicted molar refractivity (Wildman–Crippen MR) is 129 cm³/mol. The smallest absolute Gasteiger partial charge is 0.272 e. The van der Waals surface area contributed by atoms with Crippen LogP contribution in [-0.4, -0.2) is 65.4 Å². The maximum Gasteiger partial charge on any atom is 0.272 e. The molecule has 0 unspecified atom stereocenters. The summed E-state index contributed by atoms with van der Waals surface area (Å²) >= 11 is 1.88. The van der Waals surface area contributed by atoms with Crippen LogP contribution in [0.3, 0.4) is 0 Å². The van der Waals surface area contributed by atoms with E-state index in [1.54, 1.807) is 23.8 Å². The Balaban J connectivity index is 1.27. The second-order valence-electron chi connectivity index (χ2n) is 8.72. The van der Waals surface area contributed by atoms with Crippen molar-refractivity contribution in [2.45, 2.75) is 31.8 Å². The number of rotatable bonds is 5. The Morgan fingerprint density at radius 3 is 2.67 bits per heavy atom. The van der Waals surface area contributed by atoms with Crippen molar-refractivity contribution in [3.8, 4) is 22.8 Å². The number of piperidine rings is 1. The standard InChI is InChI=1S/C25H30N4O3S/c1-27-22(15-21(26-27)20-14-19(31-2)4-5-23(20)32-3)25(30)28-10-6-18(7-11-28)29-12-8-24-17(16-29)9-13-33-24/h4-5,9,13-15,18H,6-8,10-12,16H2,1-3H3. The van der Waals surface area contributed by atoms with Crippen LogP contribution in [0.2, 0.25) is 0 Å². The van der Waals surface area contributed by atoms with Crippen molar-refractivity contribution in [1.82, 2.24) is 19.6 Å². The van der Waals surface area contributed by atoms with Gasteiger partial charge in [-0.1, -0.05) is 0 Å². The van der Waals surface area contributed by atoms with E-state index in [1.165, 1.54) is 5.56 Å². The molecule has 0 radical (unpaired) electrons. The summed E-state index contributed by atoms with van der Waals surface area (Å²) < 4.78 is 12.5. The number of aryl methyl sites for hydroxylation is 1. The number of ether oxygens (including phenoxy) is 2. The molecule has 1 aromatic carbocycles. The molecule has 4 heterocycles. The Labute approximate surface area is 198 Å². The van der Waals surface area contributed by atoms with E-state index in [1.807, 2.05) is 47.5 Å². The maximum atomic E-state index is 13.4. The maximum absolute atomic E-state index is 13.4. The Morgan fingerprint density at radius 2 is 1.91 bits per heavy atom. The molecule has 3 aromatic rings. The Kier molecular flexibility index (Phi) is 6.12. The van der Waals surface area contributed by atoms with Gasteiger partial charge in [-0.15, -0.1) is 11.3 Å². The highest BCUT2D eigenvalue weighted by Gasteiger charge is 2.31. The molecule has 1 fully saturated rings. The minimum absolute atomic E-state index is 0.0373. The summed E-state index contributed by atoms with van der Waals surface area (Å²) in [5, 5.41) is 6.82. The van der Waals surface area contributed by atoms with Crippen molar-refractivity contribution in [3.63, 3.8) is 0 Å². The number of hydrogen-bond donors (Lipinski definition) is 0. The molecule has 7 nitrogen and oxygen atoms in total. The quantitative estimate of drug-likeness (QED) is 0.572. The fraction of sp³-hybridized carbons (Fsp3) is 0.440. The number of aromatic nitrogens is 2. The summed E-state index contributed by atoms with van der Waals surface area (Å²) in [5.41, 5.74) is 3.59. The normalized spacial score (nSPS) is 17.1. The van der Waals surface area contributed by atoms with E-state index in [-0.39, 0.29) is 5.91 Å². The molecule has 0 aliphatic carbocycles. The molecule has 33 heavy (non-hydrogen) atoms. The van der Waals surface area contributed by atoms with Crippen LogP contribution in [0.15, 0.2) is 35.7 Å². The minimum atomic E-state index is 0.0373. The second kappa shape index (κ2) is 9.19. The number of amides is 1. The molecule has 2 aliphatic heterocycles. The Hall–Kier alpha value is -2.84. The molecule has 5 rings (SSSR count). The summed E-state index contributed by atoms with van der Waals surface area (Å²) in [6, 6.07) is 10.3. The molecule has 0 N–H and O–H groups in total. The van der Waals surface area contributed by atoms with Crippen molar-refractivity contribution in [1.29, 1.82) is 0 Å². The molecule has 1 amide bonds. The zero-order chi connectivity index (χ0) is 22.9. The van der Waals surface area contributed by atoms with Crippen LogP contribution in [-0.2, 0) is 20.0 Å². The molecule has 174 valence electrons. The van der Waals surface area contributed by atoms with E-state index in [2.05, 4.69) is 21.4 Å². The lowest BCUT2D eigenvalue weighted by molar-refractivity contribution is 0.0590. The highest BCUT2D eigenvalue weighted by molar-refractivity contribution is 7.10. The predicted octanol–water partition coefficient (Wildman–Crippen LogP) is 3.83. The van der Waals surface area contributed by atoms with Crippen LogP contribution in [0.5, 0.6) is 11.5 Å². The van der Waals surface area contributed by atoms with Crippen molar-refractivity contribution < 1.29 is 14.3 Å². The largest absolute Gasteiger partial charge is 0.497 e. The first-order valence-corrected chi connectivity index (χ1v) is 12.3. The van der Waals surface area contributed by atoms with Gasteiger partial charge in [-0.3, -0.25) is 14.4 Å². The van der Waals surface area contributed by atoms with Crippen LogP contribution >= 0.6 is 11.3 Å². The average molecular weight is 467 g/mol. The van der Waals surface area contributed by atoms with E-state index in [9.17, 15) is 4.79 Å². The molecular weight excluding hydrogens is 436 g/mol. The van der Waals surface area contributed by atoms with Gasteiger partial charge in [0.2, 0.25) is 0 Å². The van der Waals surface area contributed by atoms with Crippen LogP contribution in [0.25, 0.3) is 11.3 Å². The Bertz CT molecular complexity index is 1150. The van der Waals surface area contributed by atoms with Gasteiger partial charge < -0.3 is 14.4 Å². The first-order valence-electron chi connectivity index (χ1n) is 11.4. The molecule has 1 saturated heterocycles. The summed E-state index contributed by atoms with van der Waals surface area (Å²) in [6.07, 6.45) is 3.18. The fourth-order valence-corrected chi connectivity index (χ4v) is 5.88. The van der Waals surface area contributed by atoms with Crippen molar-refractivity contribution in [3.05, 3.63) is 51.8 Å². The average Bonchev–Trinajstić information content (AvgIpc) is 3.49. The van der Waals surface area contributed by atoms with Crippen molar-refractivity contribution >= 4 is 17.2 Å². The zero-order valence-electron chi connectivity index (χ0n) is 19.4. The van der Waals surface area contributed by atoms with Crippen molar-refractivity contribution in [2.75, 3.05) is 33.9 Å². The van der Waals surface area contributed by atoms with Crippen LogP contribution < -0.4 is 9.47 Å². The fourth-order valence-electron chi connectivity index (χ4n) is 4.99. The van der Waals surface area contributed by atoms with E-state index in [0.717, 1.165) is 56.8 Å². The lowest BCUT2D eigenvalue weighted by Gasteiger charge is -2.40. The number of likely N-dealkylation sites (tertiary alicyclic amines) is 1. The van der Waals surface area contributed by atoms with E-state index < -0.39 is 0 Å². The van der Waals surface area contributed by atoms with Crippen LogP contribution in [0.1, 0.15) is 33.8 Å². The molecular formula is C25H30N4O3S. The topological polar surface area (TPSA) is 59.8 Å². The first kappa shape index (κ1) is 22.0. The third-order valence-electron chi connectivity index (χ3n) is 6.89. The minimum Gasteiger partial charge on any atom is -0.497 e. The van der Waals surface area contributed by atoms with E-state index in [0.29, 0.717) is 23.2 Å². The molecule has 2 aliphatic rings. The van der Waals surface area contributed by atoms with E-state index >= 15 is 0 Å². The number of nitrogens with zero attached hydrogens (tertiary/aromatic N) is 4. The number of carbonyl (C=O) groups is 1. The van der Waals surface area contributed by atoms with Gasteiger partial charge in [-0.2, -0.15) is 5.10 Å². The first-order chi connectivity index (χ1) is 16.1. The molecule has 0 spiro atoms. The van der Waals surface area contributed by atoms with Crippen LogP contribution in [0.4, 0.5) is 0 Å². The second-order valence-corrected chi connectivity index (χ2v) is 9.72. The number of carbonyl (C=O) groups excluding carboxylic acids is 1. The highest BCUT2D eigenvalue weighted by atomic mass is 32.1. The van der Waals surface area contributed by atoms with Gasteiger partial charge in [0.1, 0.15) is 17.2 Å². The SMILES string of the molecule is COc1ccc(OC)c(-c2cc(C(=O)N3CCC(N4CCc5sccc5C4)CC3)n(C)n2)c1. The lowest BCUT2D eigenvalue weighted by atomic mass is 9.99. The number of fused-ring (bicyclic) bond motifs is 1. The van der Waals surface area contributed by atoms with Gasteiger partial charge in [0, 0.05) is 49.7 Å². The molecule has 0 atom stereocenters. The molecule has 0 saturated carbocycles. The number of methoxy groups -OCH3 is 2.